The Morgan fingerprint density at radius 3 is 1.81 bits per heavy atom. The predicted molar refractivity (Wildman–Crippen MR) is 138 cm³/mol. The monoisotopic (exact) mass is 427 g/mol. The third-order valence-electron chi connectivity index (χ3n) is 5.98. The number of nitrogens with zero attached hydrogens (tertiary/aromatic N) is 1. The molecule has 0 fully saturated rings. The van der Waals surface area contributed by atoms with Gasteiger partial charge >= 0.3 is 0 Å². The smallest absolute Gasteiger partial charge is 0.119 e. The van der Waals surface area contributed by atoms with Gasteiger partial charge in [0.25, 0.3) is 0 Å². The minimum atomic E-state index is 0.716. The molecule has 0 atom stereocenters. The molecule has 2 nitrogen and oxygen atoms in total. The van der Waals surface area contributed by atoms with Crippen LogP contribution in [0, 0.1) is 0 Å². The standard InChI is InChI=1S/C30H37NO/c1-4-7-18-29(25-14-10-8-11-15-25)30(26-16-12-9-13-17-26)27-19-21-28(22-20-27)32-24-23-31(5-2)6-3/h8-17,19-22H,4-7,18,23-24H2,1-3H3/b30-29-. The van der Waals surface area contributed by atoms with E-state index in [-0.39, 0.29) is 0 Å². The summed E-state index contributed by atoms with van der Waals surface area (Å²) in [5, 5.41) is 0. The SMILES string of the molecule is CCCC/C(=C(\c1ccccc1)c1ccc(OCCN(CC)CC)cc1)c1ccccc1. The topological polar surface area (TPSA) is 12.5 Å². The van der Waals surface area contributed by atoms with Crippen LogP contribution >= 0.6 is 0 Å². The molecule has 3 aromatic rings. The quantitative estimate of drug-likeness (QED) is 0.277. The van der Waals surface area contributed by atoms with Crippen LogP contribution in [-0.4, -0.2) is 31.1 Å². The largest absolute Gasteiger partial charge is 0.492 e. The number of hydrogen-bond donors (Lipinski definition) is 0. The molecule has 168 valence electrons. The summed E-state index contributed by atoms with van der Waals surface area (Å²) in [7, 11) is 0. The van der Waals surface area contributed by atoms with E-state index in [4.69, 9.17) is 4.74 Å². The minimum absolute atomic E-state index is 0.716. The summed E-state index contributed by atoms with van der Waals surface area (Å²) in [5.41, 5.74) is 6.54. The first kappa shape index (κ1) is 23.8. The Morgan fingerprint density at radius 1 is 0.688 bits per heavy atom. The van der Waals surface area contributed by atoms with Crippen LogP contribution in [0.2, 0.25) is 0 Å². The summed E-state index contributed by atoms with van der Waals surface area (Å²) < 4.78 is 6.03. The molecule has 2 heteroatoms. The predicted octanol–water partition coefficient (Wildman–Crippen LogP) is 7.56. The molecule has 0 bridgehead atoms. The zero-order chi connectivity index (χ0) is 22.6. The fourth-order valence-electron chi connectivity index (χ4n) is 4.08. The zero-order valence-electron chi connectivity index (χ0n) is 19.9. The first-order chi connectivity index (χ1) is 15.8. The minimum Gasteiger partial charge on any atom is -0.492 e. The van der Waals surface area contributed by atoms with Crippen LogP contribution in [0.15, 0.2) is 84.9 Å². The second-order valence-corrected chi connectivity index (χ2v) is 8.09. The maximum absolute atomic E-state index is 6.03. The van der Waals surface area contributed by atoms with Crippen LogP contribution in [0.5, 0.6) is 5.75 Å². The summed E-state index contributed by atoms with van der Waals surface area (Å²) >= 11 is 0. The Bertz CT molecular complexity index is 941. The first-order valence-corrected chi connectivity index (χ1v) is 12.1. The van der Waals surface area contributed by atoms with Gasteiger partial charge in [0.15, 0.2) is 0 Å². The fraction of sp³-hybridized carbons (Fsp3) is 0.333. The van der Waals surface area contributed by atoms with Gasteiger partial charge in [-0.05, 0) is 65.9 Å². The molecular weight excluding hydrogens is 390 g/mol. The number of allylic oxidation sites excluding steroid dienone is 1. The van der Waals surface area contributed by atoms with E-state index in [2.05, 4.69) is 111 Å². The second-order valence-electron chi connectivity index (χ2n) is 8.09. The van der Waals surface area contributed by atoms with E-state index in [0.29, 0.717) is 6.61 Å². The zero-order valence-corrected chi connectivity index (χ0v) is 19.9. The highest BCUT2D eigenvalue weighted by Gasteiger charge is 2.14. The van der Waals surface area contributed by atoms with Crippen molar-refractivity contribution in [3.05, 3.63) is 102 Å². The third-order valence-corrected chi connectivity index (χ3v) is 5.98. The lowest BCUT2D eigenvalue weighted by atomic mass is 9.87. The average Bonchev–Trinajstić information content (AvgIpc) is 2.86. The van der Waals surface area contributed by atoms with Gasteiger partial charge in [-0.1, -0.05) is 100.0 Å². The molecule has 0 heterocycles. The van der Waals surface area contributed by atoms with Crippen LogP contribution in [0.25, 0.3) is 11.1 Å². The molecule has 0 aliphatic heterocycles. The molecule has 0 unspecified atom stereocenters. The number of unbranched alkanes of at least 4 members (excludes halogenated alkanes) is 1. The van der Waals surface area contributed by atoms with E-state index in [1.54, 1.807) is 0 Å². The van der Waals surface area contributed by atoms with Gasteiger partial charge in [-0.15, -0.1) is 0 Å². The third kappa shape index (κ3) is 6.58. The van der Waals surface area contributed by atoms with E-state index in [0.717, 1.165) is 31.8 Å². The second kappa shape index (κ2) is 12.9. The van der Waals surface area contributed by atoms with Crippen molar-refractivity contribution in [1.29, 1.82) is 0 Å². The lowest BCUT2D eigenvalue weighted by Crippen LogP contribution is -2.27. The highest BCUT2D eigenvalue weighted by molar-refractivity contribution is 5.98. The maximum Gasteiger partial charge on any atom is 0.119 e. The van der Waals surface area contributed by atoms with Crippen molar-refractivity contribution in [1.82, 2.24) is 4.90 Å². The summed E-state index contributed by atoms with van der Waals surface area (Å²) in [4.78, 5) is 2.38. The van der Waals surface area contributed by atoms with Crippen LogP contribution < -0.4 is 4.74 Å². The highest BCUT2D eigenvalue weighted by atomic mass is 16.5. The molecule has 3 rings (SSSR count). The lowest BCUT2D eigenvalue weighted by Gasteiger charge is -2.19. The molecule has 0 spiro atoms. The van der Waals surface area contributed by atoms with Gasteiger partial charge in [0.2, 0.25) is 0 Å². The number of rotatable bonds is 12. The normalized spacial score (nSPS) is 12.0. The number of hydrogen-bond acceptors (Lipinski definition) is 2. The Balaban J connectivity index is 1.95. The molecule has 3 aromatic carbocycles. The van der Waals surface area contributed by atoms with Crippen LogP contribution in [-0.2, 0) is 0 Å². The lowest BCUT2D eigenvalue weighted by molar-refractivity contribution is 0.223. The van der Waals surface area contributed by atoms with E-state index in [9.17, 15) is 0 Å². The van der Waals surface area contributed by atoms with E-state index >= 15 is 0 Å². The van der Waals surface area contributed by atoms with Crippen molar-refractivity contribution >= 4 is 11.1 Å². The van der Waals surface area contributed by atoms with Crippen molar-refractivity contribution in [3.8, 4) is 5.75 Å². The molecular formula is C30H37NO. The van der Waals surface area contributed by atoms with E-state index in [1.165, 1.54) is 40.7 Å². The fourth-order valence-corrected chi connectivity index (χ4v) is 4.08. The maximum atomic E-state index is 6.03. The van der Waals surface area contributed by atoms with Gasteiger partial charge in [0, 0.05) is 6.54 Å². The van der Waals surface area contributed by atoms with Crippen LogP contribution in [0.3, 0.4) is 0 Å². The summed E-state index contributed by atoms with van der Waals surface area (Å²) in [6.45, 7) is 10.4. The molecule has 0 amide bonds. The van der Waals surface area contributed by atoms with Gasteiger partial charge in [-0.2, -0.15) is 0 Å². The molecule has 0 N–H and O–H groups in total. The Morgan fingerprint density at radius 2 is 1.25 bits per heavy atom. The average molecular weight is 428 g/mol. The Hall–Kier alpha value is -2.84. The van der Waals surface area contributed by atoms with Crippen molar-refractivity contribution in [2.24, 2.45) is 0 Å². The van der Waals surface area contributed by atoms with E-state index in [1.807, 2.05) is 0 Å². The summed E-state index contributed by atoms with van der Waals surface area (Å²) in [6.07, 6.45) is 3.41. The van der Waals surface area contributed by atoms with Crippen molar-refractivity contribution in [3.63, 3.8) is 0 Å². The molecule has 0 aliphatic carbocycles. The van der Waals surface area contributed by atoms with Gasteiger partial charge in [-0.25, -0.2) is 0 Å². The van der Waals surface area contributed by atoms with Gasteiger partial charge in [0.05, 0.1) is 0 Å². The highest BCUT2D eigenvalue weighted by Crippen LogP contribution is 2.36. The Labute approximate surface area is 194 Å². The molecule has 0 aromatic heterocycles. The van der Waals surface area contributed by atoms with Gasteiger partial charge in [-0.3, -0.25) is 0 Å². The summed E-state index contributed by atoms with van der Waals surface area (Å²) in [6, 6.07) is 30.3. The molecule has 32 heavy (non-hydrogen) atoms. The number of likely N-dealkylation sites (N-methyl/N-ethyl adjacent to an activating group) is 1. The van der Waals surface area contributed by atoms with Crippen LogP contribution in [0.1, 0.15) is 56.7 Å². The van der Waals surface area contributed by atoms with Crippen LogP contribution in [0.4, 0.5) is 0 Å². The number of ether oxygens (including phenoxy) is 1. The van der Waals surface area contributed by atoms with Crippen molar-refractivity contribution in [2.75, 3.05) is 26.2 Å². The van der Waals surface area contributed by atoms with Gasteiger partial charge in [0.1, 0.15) is 12.4 Å². The Kier molecular flexibility index (Phi) is 9.59. The number of benzene rings is 3. The van der Waals surface area contributed by atoms with Crippen molar-refractivity contribution in [2.45, 2.75) is 40.0 Å². The molecule has 0 radical (unpaired) electrons. The summed E-state index contributed by atoms with van der Waals surface area (Å²) in [5.74, 6) is 0.933. The molecule has 0 saturated carbocycles. The van der Waals surface area contributed by atoms with E-state index < -0.39 is 0 Å². The molecule has 0 saturated heterocycles. The van der Waals surface area contributed by atoms with Gasteiger partial charge < -0.3 is 9.64 Å². The molecule has 0 aliphatic rings. The first-order valence-electron chi connectivity index (χ1n) is 12.1. The van der Waals surface area contributed by atoms with Crippen molar-refractivity contribution < 1.29 is 4.74 Å².